The average molecular weight is 270 g/mol. The van der Waals surface area contributed by atoms with Gasteiger partial charge in [0.15, 0.2) is 0 Å². The lowest BCUT2D eigenvalue weighted by Gasteiger charge is -1.89. The SMILES string of the molecule is Cc1nnsc1-c1nnc(/C=C/c2ccccc2)o1. The van der Waals surface area contributed by atoms with Crippen molar-refractivity contribution in [3.63, 3.8) is 0 Å². The van der Waals surface area contributed by atoms with E-state index in [2.05, 4.69) is 19.8 Å². The molecule has 2 heterocycles. The second-order valence-electron chi connectivity index (χ2n) is 3.88. The molecule has 0 bridgehead atoms. The van der Waals surface area contributed by atoms with Gasteiger partial charge < -0.3 is 4.42 Å². The summed E-state index contributed by atoms with van der Waals surface area (Å²) in [4.78, 5) is 0.812. The van der Waals surface area contributed by atoms with Crippen LogP contribution in [0.2, 0.25) is 0 Å². The summed E-state index contributed by atoms with van der Waals surface area (Å²) < 4.78 is 9.40. The van der Waals surface area contributed by atoms with E-state index in [1.165, 1.54) is 11.5 Å². The Balaban J connectivity index is 1.83. The molecule has 0 unspecified atom stereocenters. The normalized spacial score (nSPS) is 11.2. The molecule has 3 aromatic rings. The maximum absolute atomic E-state index is 5.55. The molecule has 0 radical (unpaired) electrons. The minimum Gasteiger partial charge on any atom is -0.416 e. The molecular formula is C13H10N4OS. The van der Waals surface area contributed by atoms with E-state index in [-0.39, 0.29) is 0 Å². The summed E-state index contributed by atoms with van der Waals surface area (Å²) in [7, 11) is 0. The third kappa shape index (κ3) is 2.58. The van der Waals surface area contributed by atoms with E-state index in [4.69, 9.17) is 4.42 Å². The maximum atomic E-state index is 5.55. The lowest BCUT2D eigenvalue weighted by Crippen LogP contribution is -1.77. The van der Waals surface area contributed by atoms with Gasteiger partial charge in [-0.15, -0.1) is 15.3 Å². The second-order valence-corrected chi connectivity index (χ2v) is 4.63. The van der Waals surface area contributed by atoms with Gasteiger partial charge in [-0.1, -0.05) is 34.8 Å². The van der Waals surface area contributed by atoms with Crippen molar-refractivity contribution in [2.45, 2.75) is 6.92 Å². The van der Waals surface area contributed by atoms with Gasteiger partial charge in [0.1, 0.15) is 4.88 Å². The summed E-state index contributed by atoms with van der Waals surface area (Å²) in [5.41, 5.74) is 1.88. The number of aromatic nitrogens is 4. The fourth-order valence-corrected chi connectivity index (χ4v) is 2.13. The zero-order valence-corrected chi connectivity index (χ0v) is 11.0. The molecule has 0 spiro atoms. The zero-order chi connectivity index (χ0) is 13.1. The third-order valence-corrected chi connectivity index (χ3v) is 3.32. The van der Waals surface area contributed by atoms with Gasteiger partial charge >= 0.3 is 0 Å². The Morgan fingerprint density at radius 3 is 2.63 bits per heavy atom. The molecule has 19 heavy (non-hydrogen) atoms. The maximum Gasteiger partial charge on any atom is 0.261 e. The summed E-state index contributed by atoms with van der Waals surface area (Å²) in [5.74, 6) is 0.923. The lowest BCUT2D eigenvalue weighted by atomic mass is 10.2. The Morgan fingerprint density at radius 1 is 1.05 bits per heavy atom. The molecule has 2 aromatic heterocycles. The number of benzene rings is 1. The highest BCUT2D eigenvalue weighted by Gasteiger charge is 2.12. The van der Waals surface area contributed by atoms with Crippen LogP contribution in [0.15, 0.2) is 34.7 Å². The van der Waals surface area contributed by atoms with Crippen LogP contribution in [-0.4, -0.2) is 19.8 Å². The number of nitrogens with zero attached hydrogens (tertiary/aromatic N) is 4. The third-order valence-electron chi connectivity index (χ3n) is 2.50. The van der Waals surface area contributed by atoms with Crippen molar-refractivity contribution in [1.29, 1.82) is 0 Å². The van der Waals surface area contributed by atoms with Crippen LogP contribution >= 0.6 is 11.5 Å². The number of rotatable bonds is 3. The summed E-state index contributed by atoms with van der Waals surface area (Å²) in [6.07, 6.45) is 3.71. The molecule has 0 atom stereocenters. The van der Waals surface area contributed by atoms with Crippen molar-refractivity contribution >= 4 is 23.7 Å². The van der Waals surface area contributed by atoms with Crippen LogP contribution in [0.3, 0.4) is 0 Å². The first-order valence-electron chi connectivity index (χ1n) is 5.69. The highest BCUT2D eigenvalue weighted by atomic mass is 32.1. The molecule has 0 aliphatic heterocycles. The predicted octanol–water partition coefficient (Wildman–Crippen LogP) is 3.07. The van der Waals surface area contributed by atoms with Crippen LogP contribution in [0.4, 0.5) is 0 Å². The van der Waals surface area contributed by atoms with Gasteiger partial charge in [0, 0.05) is 6.08 Å². The number of hydrogen-bond acceptors (Lipinski definition) is 6. The molecule has 94 valence electrons. The Bertz CT molecular complexity index is 702. The van der Waals surface area contributed by atoms with Gasteiger partial charge in [-0.25, -0.2) is 0 Å². The first kappa shape index (κ1) is 11.7. The lowest BCUT2D eigenvalue weighted by molar-refractivity contribution is 0.558. The first-order chi connectivity index (χ1) is 9.33. The minimum atomic E-state index is 0.459. The van der Waals surface area contributed by atoms with Crippen LogP contribution in [0.1, 0.15) is 17.1 Å². The van der Waals surface area contributed by atoms with E-state index in [0.29, 0.717) is 11.8 Å². The molecule has 6 heteroatoms. The van der Waals surface area contributed by atoms with Crippen LogP contribution in [0.5, 0.6) is 0 Å². The molecular weight excluding hydrogens is 260 g/mol. The van der Waals surface area contributed by atoms with E-state index in [1.54, 1.807) is 6.08 Å². The smallest absolute Gasteiger partial charge is 0.261 e. The highest BCUT2D eigenvalue weighted by Crippen LogP contribution is 2.24. The molecule has 0 saturated heterocycles. The quantitative estimate of drug-likeness (QED) is 0.731. The summed E-state index contributed by atoms with van der Waals surface area (Å²) >= 11 is 1.25. The van der Waals surface area contributed by atoms with Gasteiger partial charge in [0.25, 0.3) is 5.89 Å². The van der Waals surface area contributed by atoms with Crippen LogP contribution in [-0.2, 0) is 0 Å². The van der Waals surface area contributed by atoms with Crippen molar-refractivity contribution in [1.82, 2.24) is 19.8 Å². The minimum absolute atomic E-state index is 0.459. The zero-order valence-electron chi connectivity index (χ0n) is 10.1. The summed E-state index contributed by atoms with van der Waals surface area (Å²) in [6.45, 7) is 1.86. The number of hydrogen-bond donors (Lipinski definition) is 0. The summed E-state index contributed by atoms with van der Waals surface area (Å²) in [5, 5.41) is 11.9. The Hall–Kier alpha value is -2.34. The average Bonchev–Trinajstić information content (AvgIpc) is 3.06. The number of aryl methyl sites for hydroxylation is 1. The molecule has 0 fully saturated rings. The molecule has 0 N–H and O–H groups in total. The van der Waals surface area contributed by atoms with Gasteiger partial charge in [-0.05, 0) is 30.1 Å². The Kier molecular flexibility index (Phi) is 3.16. The largest absolute Gasteiger partial charge is 0.416 e. The van der Waals surface area contributed by atoms with Gasteiger partial charge in [0.05, 0.1) is 5.69 Å². The standard InChI is InChI=1S/C13H10N4OS/c1-9-12(19-17-14-9)13-16-15-11(18-13)8-7-10-5-3-2-4-6-10/h2-8H,1H3/b8-7+. The van der Waals surface area contributed by atoms with Gasteiger partial charge in [-0.2, -0.15) is 0 Å². The fourth-order valence-electron chi connectivity index (χ4n) is 1.55. The van der Waals surface area contributed by atoms with E-state index < -0.39 is 0 Å². The first-order valence-corrected chi connectivity index (χ1v) is 6.46. The topological polar surface area (TPSA) is 64.7 Å². The highest BCUT2D eigenvalue weighted by molar-refractivity contribution is 7.09. The molecule has 5 nitrogen and oxygen atoms in total. The van der Waals surface area contributed by atoms with E-state index in [0.717, 1.165) is 16.1 Å². The predicted molar refractivity (Wildman–Crippen MR) is 73.3 cm³/mol. The van der Waals surface area contributed by atoms with E-state index in [9.17, 15) is 0 Å². The van der Waals surface area contributed by atoms with Crippen molar-refractivity contribution in [2.75, 3.05) is 0 Å². The van der Waals surface area contributed by atoms with Gasteiger partial charge in [-0.3, -0.25) is 0 Å². The van der Waals surface area contributed by atoms with Gasteiger partial charge in [0.2, 0.25) is 5.89 Å². The Labute approximate surface area is 113 Å². The van der Waals surface area contributed by atoms with Crippen LogP contribution < -0.4 is 0 Å². The fraction of sp³-hybridized carbons (Fsp3) is 0.0769. The molecule has 0 aliphatic rings. The van der Waals surface area contributed by atoms with Crippen LogP contribution in [0, 0.1) is 6.92 Å². The van der Waals surface area contributed by atoms with Crippen molar-refractivity contribution < 1.29 is 4.42 Å². The second kappa shape index (κ2) is 5.11. The van der Waals surface area contributed by atoms with Crippen molar-refractivity contribution in [3.8, 4) is 10.8 Å². The molecule has 3 rings (SSSR count). The molecule has 0 amide bonds. The van der Waals surface area contributed by atoms with E-state index in [1.807, 2.05) is 43.3 Å². The molecule has 0 aliphatic carbocycles. The van der Waals surface area contributed by atoms with E-state index >= 15 is 0 Å². The summed E-state index contributed by atoms with van der Waals surface area (Å²) in [6, 6.07) is 9.94. The van der Waals surface area contributed by atoms with Crippen molar-refractivity contribution in [2.24, 2.45) is 0 Å². The molecule has 0 saturated carbocycles. The monoisotopic (exact) mass is 270 g/mol. The molecule has 1 aromatic carbocycles. The van der Waals surface area contributed by atoms with Crippen LogP contribution in [0.25, 0.3) is 22.9 Å². The van der Waals surface area contributed by atoms with Crippen molar-refractivity contribution in [3.05, 3.63) is 47.5 Å². The Morgan fingerprint density at radius 2 is 1.89 bits per heavy atom.